The van der Waals surface area contributed by atoms with Crippen LogP contribution in [0.2, 0.25) is 0 Å². The molecule has 6 heteroatoms. The van der Waals surface area contributed by atoms with Crippen molar-refractivity contribution < 1.29 is 18.7 Å². The normalized spacial score (nSPS) is 10.3. The van der Waals surface area contributed by atoms with Crippen molar-refractivity contribution in [1.82, 2.24) is 4.90 Å². The lowest BCUT2D eigenvalue weighted by Gasteiger charge is -2.15. The maximum Gasteiger partial charge on any atom is 0.306 e. The van der Waals surface area contributed by atoms with Crippen molar-refractivity contribution in [2.75, 3.05) is 32.6 Å². The zero-order chi connectivity index (χ0) is 14.3. The van der Waals surface area contributed by atoms with Gasteiger partial charge in [0.2, 0.25) is 5.91 Å². The molecule has 0 heterocycles. The number of likely N-dealkylation sites (N-methyl/N-ethyl adjacent to an activating group) is 1. The molecule has 1 aromatic carbocycles. The van der Waals surface area contributed by atoms with Crippen LogP contribution in [0.15, 0.2) is 24.3 Å². The number of amides is 1. The highest BCUT2D eigenvalue weighted by atomic mass is 19.1. The number of benzene rings is 1. The van der Waals surface area contributed by atoms with Crippen LogP contribution in [0.3, 0.4) is 0 Å². The van der Waals surface area contributed by atoms with E-state index in [4.69, 9.17) is 0 Å². The van der Waals surface area contributed by atoms with Gasteiger partial charge < -0.3 is 10.1 Å². The van der Waals surface area contributed by atoms with Crippen LogP contribution in [-0.2, 0) is 14.3 Å². The molecule has 104 valence electrons. The Morgan fingerprint density at radius 3 is 2.53 bits per heavy atom. The van der Waals surface area contributed by atoms with Crippen molar-refractivity contribution in [3.8, 4) is 0 Å². The molecule has 0 aliphatic heterocycles. The Hall–Kier alpha value is -1.95. The minimum atomic E-state index is -0.354. The molecule has 19 heavy (non-hydrogen) atoms. The Bertz CT molecular complexity index is 434. The van der Waals surface area contributed by atoms with Gasteiger partial charge in [-0.05, 0) is 31.3 Å². The predicted octanol–water partition coefficient (Wildman–Crippen LogP) is 1.26. The maximum absolute atomic E-state index is 12.7. The quantitative estimate of drug-likeness (QED) is 0.789. The van der Waals surface area contributed by atoms with Gasteiger partial charge in [-0.2, -0.15) is 0 Å². The van der Waals surface area contributed by atoms with Crippen molar-refractivity contribution in [1.29, 1.82) is 0 Å². The Morgan fingerprint density at radius 1 is 1.32 bits per heavy atom. The smallest absolute Gasteiger partial charge is 0.306 e. The number of nitrogens with one attached hydrogen (secondary N) is 1. The van der Waals surface area contributed by atoms with Crippen LogP contribution >= 0.6 is 0 Å². The lowest BCUT2D eigenvalue weighted by Crippen LogP contribution is -2.31. The standard InChI is InChI=1S/C13H17FN2O3/c1-16(8-7-13(18)19-2)9-12(17)15-11-5-3-10(14)4-6-11/h3-6H,7-9H2,1-2H3,(H,15,17). The summed E-state index contributed by atoms with van der Waals surface area (Å²) in [4.78, 5) is 24.3. The summed E-state index contributed by atoms with van der Waals surface area (Å²) >= 11 is 0. The molecule has 0 aliphatic carbocycles. The summed E-state index contributed by atoms with van der Waals surface area (Å²) in [7, 11) is 3.05. The van der Waals surface area contributed by atoms with E-state index in [0.29, 0.717) is 12.2 Å². The minimum absolute atomic E-state index is 0.147. The molecule has 0 unspecified atom stereocenters. The van der Waals surface area contributed by atoms with E-state index in [0.717, 1.165) is 0 Å². The number of carbonyl (C=O) groups excluding carboxylic acids is 2. The molecule has 0 radical (unpaired) electrons. The number of halogens is 1. The monoisotopic (exact) mass is 268 g/mol. The molecule has 5 nitrogen and oxygen atoms in total. The van der Waals surface area contributed by atoms with E-state index >= 15 is 0 Å². The molecule has 0 saturated carbocycles. The molecule has 1 N–H and O–H groups in total. The molecular weight excluding hydrogens is 251 g/mol. The first kappa shape index (κ1) is 15.1. The molecule has 0 atom stereocenters. The fourth-order valence-electron chi connectivity index (χ4n) is 1.44. The second-order valence-electron chi connectivity index (χ2n) is 4.12. The highest BCUT2D eigenvalue weighted by molar-refractivity contribution is 5.92. The Balaban J connectivity index is 2.34. The van der Waals surface area contributed by atoms with Gasteiger partial charge in [0.05, 0.1) is 20.1 Å². The fraction of sp³-hybridized carbons (Fsp3) is 0.385. The lowest BCUT2D eigenvalue weighted by atomic mass is 10.3. The number of ether oxygens (including phenoxy) is 1. The molecule has 0 aliphatic rings. The topological polar surface area (TPSA) is 58.6 Å². The third kappa shape index (κ3) is 5.96. The number of nitrogens with zero attached hydrogens (tertiary/aromatic N) is 1. The number of methoxy groups -OCH3 is 1. The molecular formula is C13H17FN2O3. The van der Waals surface area contributed by atoms with E-state index in [2.05, 4.69) is 10.1 Å². The number of hydrogen-bond donors (Lipinski definition) is 1. The lowest BCUT2D eigenvalue weighted by molar-refractivity contribution is -0.141. The molecule has 0 spiro atoms. The second kappa shape index (κ2) is 7.48. The number of anilines is 1. The van der Waals surface area contributed by atoms with Gasteiger partial charge in [0, 0.05) is 12.2 Å². The second-order valence-corrected chi connectivity index (χ2v) is 4.12. The average molecular weight is 268 g/mol. The van der Waals surface area contributed by atoms with Crippen molar-refractivity contribution in [2.45, 2.75) is 6.42 Å². The summed E-state index contributed by atoms with van der Waals surface area (Å²) in [6.45, 7) is 0.581. The largest absolute Gasteiger partial charge is 0.469 e. The first-order valence-corrected chi connectivity index (χ1v) is 5.82. The summed E-state index contributed by atoms with van der Waals surface area (Å²) in [5.41, 5.74) is 0.535. The number of esters is 1. The van der Waals surface area contributed by atoms with E-state index in [1.807, 2.05) is 0 Å². The molecule has 0 saturated heterocycles. The van der Waals surface area contributed by atoms with Crippen LogP contribution in [0.25, 0.3) is 0 Å². The molecule has 0 bridgehead atoms. The third-order valence-corrected chi connectivity index (χ3v) is 2.47. The SMILES string of the molecule is COC(=O)CCN(C)CC(=O)Nc1ccc(F)cc1. The van der Waals surface area contributed by atoms with Gasteiger partial charge in [-0.15, -0.1) is 0 Å². The summed E-state index contributed by atoms with van der Waals surface area (Å²) in [6.07, 6.45) is 0.233. The zero-order valence-corrected chi connectivity index (χ0v) is 11.0. The summed E-state index contributed by atoms with van der Waals surface area (Å²) in [5.74, 6) is -0.891. The minimum Gasteiger partial charge on any atom is -0.469 e. The molecule has 1 aromatic rings. The van der Waals surface area contributed by atoms with Crippen molar-refractivity contribution >= 4 is 17.6 Å². The van der Waals surface area contributed by atoms with Gasteiger partial charge in [-0.1, -0.05) is 0 Å². The molecule has 1 amide bonds. The predicted molar refractivity (Wildman–Crippen MR) is 69.2 cm³/mol. The Morgan fingerprint density at radius 2 is 1.95 bits per heavy atom. The van der Waals surface area contributed by atoms with Crippen LogP contribution in [0.5, 0.6) is 0 Å². The van der Waals surface area contributed by atoms with Gasteiger partial charge >= 0.3 is 5.97 Å². The molecule has 0 aromatic heterocycles. The van der Waals surface area contributed by atoms with Gasteiger partial charge in [0.25, 0.3) is 0 Å². The maximum atomic E-state index is 12.7. The Labute approximate surface area is 111 Å². The van der Waals surface area contributed by atoms with Crippen LogP contribution in [-0.4, -0.2) is 44.0 Å². The number of rotatable bonds is 6. The van der Waals surface area contributed by atoms with Crippen LogP contribution < -0.4 is 5.32 Å². The van der Waals surface area contributed by atoms with E-state index in [-0.39, 0.29) is 30.7 Å². The summed E-state index contributed by atoms with van der Waals surface area (Å²) in [6, 6.07) is 5.52. The van der Waals surface area contributed by atoms with E-state index in [1.54, 1.807) is 11.9 Å². The summed E-state index contributed by atoms with van der Waals surface area (Å²) < 4.78 is 17.2. The number of hydrogen-bond acceptors (Lipinski definition) is 4. The fourth-order valence-corrected chi connectivity index (χ4v) is 1.44. The van der Waals surface area contributed by atoms with E-state index in [1.165, 1.54) is 31.4 Å². The van der Waals surface area contributed by atoms with Gasteiger partial charge in [-0.3, -0.25) is 14.5 Å². The van der Waals surface area contributed by atoms with Crippen LogP contribution in [0.1, 0.15) is 6.42 Å². The zero-order valence-electron chi connectivity index (χ0n) is 11.0. The summed E-state index contributed by atoms with van der Waals surface area (Å²) in [5, 5.41) is 2.64. The highest BCUT2D eigenvalue weighted by Gasteiger charge is 2.09. The van der Waals surface area contributed by atoms with Crippen LogP contribution in [0.4, 0.5) is 10.1 Å². The van der Waals surface area contributed by atoms with Crippen molar-refractivity contribution in [3.05, 3.63) is 30.1 Å². The van der Waals surface area contributed by atoms with Crippen LogP contribution in [0, 0.1) is 5.82 Å². The van der Waals surface area contributed by atoms with Gasteiger partial charge in [0.1, 0.15) is 5.82 Å². The Kier molecular flexibility index (Phi) is 5.95. The molecule has 0 fully saturated rings. The first-order chi connectivity index (χ1) is 9.01. The molecule has 1 rings (SSSR count). The average Bonchev–Trinajstić information content (AvgIpc) is 2.38. The van der Waals surface area contributed by atoms with E-state index in [9.17, 15) is 14.0 Å². The van der Waals surface area contributed by atoms with Gasteiger partial charge in [-0.25, -0.2) is 4.39 Å². The first-order valence-electron chi connectivity index (χ1n) is 5.82. The highest BCUT2D eigenvalue weighted by Crippen LogP contribution is 2.07. The third-order valence-electron chi connectivity index (χ3n) is 2.47. The van der Waals surface area contributed by atoms with Gasteiger partial charge in [0.15, 0.2) is 0 Å². The number of carbonyl (C=O) groups is 2. The van der Waals surface area contributed by atoms with E-state index < -0.39 is 0 Å². The van der Waals surface area contributed by atoms with Crippen molar-refractivity contribution in [2.24, 2.45) is 0 Å². The van der Waals surface area contributed by atoms with Crippen molar-refractivity contribution in [3.63, 3.8) is 0 Å².